The highest BCUT2D eigenvalue weighted by atomic mass is 16.6. The van der Waals surface area contributed by atoms with Crippen LogP contribution in [0.2, 0.25) is 0 Å². The molecule has 1 aromatic heterocycles. The summed E-state index contributed by atoms with van der Waals surface area (Å²) in [5, 5.41) is 28.6. The number of pyridine rings is 1. The van der Waals surface area contributed by atoms with Crippen LogP contribution in [-0.2, 0) is 4.74 Å². The molecule has 1 amide bonds. The average Bonchev–Trinajstić information content (AvgIpc) is 2.74. The normalized spacial score (nSPS) is 29.4. The van der Waals surface area contributed by atoms with E-state index in [0.29, 0.717) is 11.3 Å². The molecule has 0 saturated carbocycles. The minimum Gasteiger partial charge on any atom is -0.394 e. The first-order valence-corrected chi connectivity index (χ1v) is 6.25. The Kier molecular flexibility index (Phi) is 4.34. The molecule has 0 aliphatic carbocycles. The second kappa shape index (κ2) is 5.84. The van der Waals surface area contributed by atoms with Crippen molar-refractivity contribution in [1.82, 2.24) is 9.88 Å². The first kappa shape index (κ1) is 14.9. The summed E-state index contributed by atoms with van der Waals surface area (Å²) in [6.45, 7) is -0.383. The first-order chi connectivity index (χ1) is 9.45. The molecule has 0 spiro atoms. The van der Waals surface area contributed by atoms with Gasteiger partial charge >= 0.3 is 0 Å². The SMILES string of the molecule is CN(C)C(=O)c1ccc([C@@H]2O[C@H](CO)[C@@H](O)[C@H]2O)nc1. The van der Waals surface area contributed by atoms with E-state index < -0.39 is 24.4 Å². The molecule has 0 unspecified atom stereocenters. The lowest BCUT2D eigenvalue weighted by atomic mass is 10.0. The van der Waals surface area contributed by atoms with Gasteiger partial charge in [0.2, 0.25) is 0 Å². The Morgan fingerprint density at radius 1 is 1.35 bits per heavy atom. The van der Waals surface area contributed by atoms with E-state index in [0.717, 1.165) is 0 Å². The van der Waals surface area contributed by atoms with Crippen molar-refractivity contribution >= 4 is 5.91 Å². The van der Waals surface area contributed by atoms with Gasteiger partial charge in [-0.15, -0.1) is 0 Å². The molecule has 3 N–H and O–H groups in total. The molecule has 1 saturated heterocycles. The number of nitrogens with zero attached hydrogens (tertiary/aromatic N) is 2. The number of hydrogen-bond donors (Lipinski definition) is 3. The molecule has 20 heavy (non-hydrogen) atoms. The second-order valence-corrected chi connectivity index (χ2v) is 4.93. The van der Waals surface area contributed by atoms with Crippen molar-refractivity contribution in [2.75, 3.05) is 20.7 Å². The van der Waals surface area contributed by atoms with Gasteiger partial charge in [0.25, 0.3) is 5.91 Å². The lowest BCUT2D eigenvalue weighted by Gasteiger charge is -2.15. The molecule has 1 fully saturated rings. The van der Waals surface area contributed by atoms with Crippen molar-refractivity contribution in [2.45, 2.75) is 24.4 Å². The number of aliphatic hydroxyl groups excluding tert-OH is 3. The third-order valence-corrected chi connectivity index (χ3v) is 3.27. The predicted octanol–water partition coefficient (Wildman–Crippen LogP) is -1.06. The Balaban J connectivity index is 2.17. The fraction of sp³-hybridized carbons (Fsp3) is 0.538. The van der Waals surface area contributed by atoms with Crippen molar-refractivity contribution in [3.63, 3.8) is 0 Å². The summed E-state index contributed by atoms with van der Waals surface area (Å²) in [4.78, 5) is 17.3. The smallest absolute Gasteiger partial charge is 0.254 e. The molecular weight excluding hydrogens is 264 g/mol. The van der Waals surface area contributed by atoms with Crippen molar-refractivity contribution in [3.8, 4) is 0 Å². The largest absolute Gasteiger partial charge is 0.394 e. The number of hydrogen-bond acceptors (Lipinski definition) is 6. The van der Waals surface area contributed by atoms with Gasteiger partial charge < -0.3 is 25.0 Å². The van der Waals surface area contributed by atoms with E-state index in [4.69, 9.17) is 9.84 Å². The zero-order chi connectivity index (χ0) is 14.9. The Morgan fingerprint density at radius 2 is 2.05 bits per heavy atom. The average molecular weight is 282 g/mol. The van der Waals surface area contributed by atoms with Crippen LogP contribution in [0.1, 0.15) is 22.2 Å². The molecule has 0 aromatic carbocycles. The molecule has 7 nitrogen and oxygen atoms in total. The minimum absolute atomic E-state index is 0.176. The summed E-state index contributed by atoms with van der Waals surface area (Å²) in [6, 6.07) is 3.15. The number of carbonyl (C=O) groups excluding carboxylic acids is 1. The van der Waals surface area contributed by atoms with E-state index >= 15 is 0 Å². The molecule has 1 aliphatic heterocycles. The Bertz CT molecular complexity index is 476. The van der Waals surface area contributed by atoms with E-state index in [1.807, 2.05) is 0 Å². The van der Waals surface area contributed by atoms with Gasteiger partial charge in [0.1, 0.15) is 24.4 Å². The van der Waals surface area contributed by atoms with Gasteiger partial charge in [-0.25, -0.2) is 0 Å². The maximum Gasteiger partial charge on any atom is 0.254 e. The number of aliphatic hydroxyl groups is 3. The van der Waals surface area contributed by atoms with E-state index in [1.54, 1.807) is 26.2 Å². The summed E-state index contributed by atoms with van der Waals surface area (Å²) < 4.78 is 5.36. The Labute approximate surface area is 116 Å². The van der Waals surface area contributed by atoms with Crippen LogP contribution >= 0.6 is 0 Å². The molecule has 110 valence electrons. The van der Waals surface area contributed by atoms with Gasteiger partial charge in [0.05, 0.1) is 17.9 Å². The summed E-state index contributed by atoms with van der Waals surface area (Å²) >= 11 is 0. The summed E-state index contributed by atoms with van der Waals surface area (Å²) in [7, 11) is 3.28. The predicted molar refractivity (Wildman–Crippen MR) is 69.0 cm³/mol. The standard InChI is InChI=1S/C13H18N2O5/c1-15(2)13(19)7-3-4-8(14-5-7)12-11(18)10(17)9(6-16)20-12/h3-5,9-12,16-18H,6H2,1-2H3/t9-,10-,11-,12+/m1/s1. The maximum atomic E-state index is 11.7. The van der Waals surface area contributed by atoms with Gasteiger partial charge in [-0.05, 0) is 12.1 Å². The molecule has 0 bridgehead atoms. The molecular formula is C13H18N2O5. The van der Waals surface area contributed by atoms with Crippen molar-refractivity contribution in [2.24, 2.45) is 0 Å². The van der Waals surface area contributed by atoms with Crippen LogP contribution in [0, 0.1) is 0 Å². The van der Waals surface area contributed by atoms with Gasteiger partial charge in [-0.1, -0.05) is 0 Å². The van der Waals surface area contributed by atoms with Crippen LogP contribution in [0.5, 0.6) is 0 Å². The highest BCUT2D eigenvalue weighted by Crippen LogP contribution is 2.32. The number of aromatic nitrogens is 1. The monoisotopic (exact) mass is 282 g/mol. The van der Waals surface area contributed by atoms with E-state index in [9.17, 15) is 15.0 Å². The van der Waals surface area contributed by atoms with E-state index in [1.165, 1.54) is 11.1 Å². The van der Waals surface area contributed by atoms with Gasteiger partial charge in [0, 0.05) is 20.3 Å². The lowest BCUT2D eigenvalue weighted by Crippen LogP contribution is -2.32. The van der Waals surface area contributed by atoms with Crippen LogP contribution in [0.3, 0.4) is 0 Å². The fourth-order valence-corrected chi connectivity index (χ4v) is 2.10. The van der Waals surface area contributed by atoms with Gasteiger partial charge in [0.15, 0.2) is 0 Å². The fourth-order valence-electron chi connectivity index (χ4n) is 2.10. The number of ether oxygens (including phenoxy) is 1. The van der Waals surface area contributed by atoms with Crippen LogP contribution in [-0.4, -0.2) is 70.1 Å². The van der Waals surface area contributed by atoms with Crippen LogP contribution in [0.25, 0.3) is 0 Å². The zero-order valence-corrected chi connectivity index (χ0v) is 11.3. The Morgan fingerprint density at radius 3 is 2.50 bits per heavy atom. The topological polar surface area (TPSA) is 103 Å². The molecule has 0 radical (unpaired) electrons. The van der Waals surface area contributed by atoms with Crippen molar-refractivity contribution in [1.29, 1.82) is 0 Å². The molecule has 4 atom stereocenters. The lowest BCUT2D eigenvalue weighted by molar-refractivity contribution is -0.0239. The quantitative estimate of drug-likeness (QED) is 0.653. The van der Waals surface area contributed by atoms with Crippen LogP contribution < -0.4 is 0 Å². The second-order valence-electron chi connectivity index (χ2n) is 4.93. The Hall–Kier alpha value is -1.54. The van der Waals surface area contributed by atoms with Crippen LogP contribution in [0.15, 0.2) is 18.3 Å². The summed E-state index contributed by atoms with van der Waals surface area (Å²) in [5.41, 5.74) is 0.827. The van der Waals surface area contributed by atoms with Gasteiger partial charge in [-0.2, -0.15) is 0 Å². The van der Waals surface area contributed by atoms with Crippen molar-refractivity contribution < 1.29 is 24.9 Å². The summed E-state index contributed by atoms with van der Waals surface area (Å²) in [5.74, 6) is -0.176. The van der Waals surface area contributed by atoms with Crippen LogP contribution in [0.4, 0.5) is 0 Å². The molecule has 1 aromatic rings. The third-order valence-electron chi connectivity index (χ3n) is 3.27. The minimum atomic E-state index is -1.16. The molecule has 2 heterocycles. The highest BCUT2D eigenvalue weighted by Gasteiger charge is 2.43. The zero-order valence-electron chi connectivity index (χ0n) is 11.3. The van der Waals surface area contributed by atoms with E-state index in [2.05, 4.69) is 4.98 Å². The third kappa shape index (κ3) is 2.66. The van der Waals surface area contributed by atoms with Gasteiger partial charge in [-0.3, -0.25) is 9.78 Å². The van der Waals surface area contributed by atoms with E-state index in [-0.39, 0.29) is 12.5 Å². The number of carbonyl (C=O) groups is 1. The number of amides is 1. The number of rotatable bonds is 3. The highest BCUT2D eigenvalue weighted by molar-refractivity contribution is 5.93. The maximum absolute atomic E-state index is 11.7. The molecule has 2 rings (SSSR count). The molecule has 7 heteroatoms. The summed E-state index contributed by atoms with van der Waals surface area (Å²) in [6.07, 6.45) is -2.57. The molecule has 1 aliphatic rings. The van der Waals surface area contributed by atoms with Crippen molar-refractivity contribution in [3.05, 3.63) is 29.6 Å². The first-order valence-electron chi connectivity index (χ1n) is 6.25.